The molecular formula is C30H40F3N5O4S. The monoisotopic (exact) mass is 623 g/mol. The first-order valence-electron chi connectivity index (χ1n) is 14.4. The lowest BCUT2D eigenvalue weighted by Gasteiger charge is -2.30. The van der Waals surface area contributed by atoms with Gasteiger partial charge >= 0.3 is 12.3 Å². The summed E-state index contributed by atoms with van der Waals surface area (Å²) < 4.78 is 48.6. The fraction of sp³-hybridized carbons (Fsp3) is 0.600. The molecule has 0 unspecified atom stereocenters. The van der Waals surface area contributed by atoms with Gasteiger partial charge in [0, 0.05) is 29.4 Å². The van der Waals surface area contributed by atoms with Crippen LogP contribution in [0.25, 0.3) is 5.69 Å². The van der Waals surface area contributed by atoms with Crippen LogP contribution in [0, 0.1) is 5.41 Å². The van der Waals surface area contributed by atoms with E-state index >= 15 is 0 Å². The molecule has 1 saturated carbocycles. The molecule has 0 atom stereocenters. The van der Waals surface area contributed by atoms with Crippen molar-refractivity contribution in [1.82, 2.24) is 15.1 Å². The van der Waals surface area contributed by atoms with E-state index in [1.54, 1.807) is 17.8 Å². The molecule has 43 heavy (non-hydrogen) atoms. The first-order chi connectivity index (χ1) is 20.0. The van der Waals surface area contributed by atoms with Gasteiger partial charge in [-0.2, -0.15) is 30.0 Å². The summed E-state index contributed by atoms with van der Waals surface area (Å²) in [5, 5.41) is 10.00. The third-order valence-electron chi connectivity index (χ3n) is 8.18. The number of ketones is 1. The Hall–Kier alpha value is -3.22. The summed E-state index contributed by atoms with van der Waals surface area (Å²) >= 11 is 1.73. The van der Waals surface area contributed by atoms with Gasteiger partial charge in [0.15, 0.2) is 11.5 Å². The van der Waals surface area contributed by atoms with Crippen LogP contribution >= 0.6 is 11.8 Å². The van der Waals surface area contributed by atoms with Gasteiger partial charge in [-0.15, -0.1) is 0 Å². The number of nitrogens with one attached hydrogen (secondary N) is 2. The lowest BCUT2D eigenvalue weighted by Crippen LogP contribution is -2.36. The van der Waals surface area contributed by atoms with E-state index in [0.717, 1.165) is 11.1 Å². The molecule has 1 fully saturated rings. The van der Waals surface area contributed by atoms with Crippen molar-refractivity contribution in [3.05, 3.63) is 40.7 Å². The van der Waals surface area contributed by atoms with E-state index in [1.165, 1.54) is 12.1 Å². The highest BCUT2D eigenvalue weighted by molar-refractivity contribution is 7.99. The molecule has 9 nitrogen and oxygen atoms in total. The normalized spacial score (nSPS) is 20.3. The summed E-state index contributed by atoms with van der Waals surface area (Å²) in [6, 6.07) is 4.39. The van der Waals surface area contributed by atoms with E-state index in [-0.39, 0.29) is 46.7 Å². The first kappa shape index (κ1) is 32.7. The van der Waals surface area contributed by atoms with Gasteiger partial charge in [0.2, 0.25) is 0 Å². The van der Waals surface area contributed by atoms with Crippen molar-refractivity contribution in [2.24, 2.45) is 11.1 Å². The minimum atomic E-state index is -4.80. The summed E-state index contributed by atoms with van der Waals surface area (Å²) in [6.45, 7) is 8.41. The van der Waals surface area contributed by atoms with E-state index in [4.69, 9.17) is 10.5 Å². The number of fused-ring (bicyclic) bond motifs is 1. The summed E-state index contributed by atoms with van der Waals surface area (Å²) in [5.74, 6) is -1.28. The number of ether oxygens (including phenoxy) is 1. The highest BCUT2D eigenvalue weighted by Crippen LogP contribution is 2.42. The Morgan fingerprint density at radius 2 is 1.84 bits per heavy atom. The number of halogens is 3. The van der Waals surface area contributed by atoms with Crippen molar-refractivity contribution in [2.75, 3.05) is 18.1 Å². The van der Waals surface area contributed by atoms with E-state index in [1.807, 2.05) is 20.1 Å². The standard InChI is InChI=1S/C30H40F3N5O4S/c1-28(2)15-22-24(23(39)16-28)25(30(31,32)33)37-38(22)18-8-11-20(26(34)40)21(14-18)36-17-6-9-19(10-7-17)42-27(41)35-13-12-29(3,4)43-5/h8,11,14,17,19,36H,6-7,9-10,12-13,15-16H2,1-5H3,(H2,34,40)(H,35,41)/t17-,19-. The van der Waals surface area contributed by atoms with Crippen molar-refractivity contribution >= 4 is 35.2 Å². The van der Waals surface area contributed by atoms with Crippen LogP contribution in [0.1, 0.15) is 98.3 Å². The predicted molar refractivity (Wildman–Crippen MR) is 160 cm³/mol. The molecule has 236 valence electrons. The zero-order valence-electron chi connectivity index (χ0n) is 25.2. The summed E-state index contributed by atoms with van der Waals surface area (Å²) in [6.07, 6.45) is 0.0528. The van der Waals surface area contributed by atoms with Crippen LogP contribution in [0.3, 0.4) is 0 Å². The Kier molecular flexibility index (Phi) is 9.44. The minimum Gasteiger partial charge on any atom is -0.446 e. The number of nitrogens with two attached hydrogens (primary N) is 1. The zero-order valence-corrected chi connectivity index (χ0v) is 26.0. The van der Waals surface area contributed by atoms with Crippen LogP contribution in [0.4, 0.5) is 23.7 Å². The summed E-state index contributed by atoms with van der Waals surface area (Å²) in [7, 11) is 0. The lowest BCUT2D eigenvalue weighted by atomic mass is 9.75. The number of benzene rings is 1. The number of anilines is 1. The number of thioether (sulfide) groups is 1. The molecule has 1 aromatic carbocycles. The fourth-order valence-corrected chi connectivity index (χ4v) is 5.97. The van der Waals surface area contributed by atoms with E-state index in [0.29, 0.717) is 37.9 Å². The average molecular weight is 624 g/mol. The van der Waals surface area contributed by atoms with Crippen LogP contribution < -0.4 is 16.4 Å². The molecule has 1 aromatic heterocycles. The molecule has 0 radical (unpaired) electrons. The molecule has 2 aromatic rings. The molecule has 0 spiro atoms. The Balaban J connectivity index is 1.49. The number of alkyl carbamates (subject to hydrolysis) is 1. The molecule has 0 aliphatic heterocycles. The van der Waals surface area contributed by atoms with Gasteiger partial charge in [0.1, 0.15) is 6.10 Å². The molecule has 4 N–H and O–H groups in total. The van der Waals surface area contributed by atoms with Crippen LogP contribution in [-0.4, -0.2) is 57.3 Å². The summed E-state index contributed by atoms with van der Waals surface area (Å²) in [4.78, 5) is 37.3. The van der Waals surface area contributed by atoms with Gasteiger partial charge < -0.3 is 21.1 Å². The number of rotatable bonds is 9. The van der Waals surface area contributed by atoms with Gasteiger partial charge in [-0.1, -0.05) is 27.7 Å². The second-order valence-electron chi connectivity index (χ2n) is 12.8. The van der Waals surface area contributed by atoms with Crippen LogP contribution in [0.5, 0.6) is 0 Å². The Morgan fingerprint density at radius 3 is 2.44 bits per heavy atom. The number of aromatic nitrogens is 2. The number of primary amides is 1. The maximum atomic E-state index is 13.9. The zero-order chi connectivity index (χ0) is 31.7. The van der Waals surface area contributed by atoms with E-state index in [2.05, 4.69) is 29.6 Å². The highest BCUT2D eigenvalue weighted by Gasteiger charge is 2.45. The summed E-state index contributed by atoms with van der Waals surface area (Å²) in [5.41, 5.74) is 4.51. The third kappa shape index (κ3) is 7.84. The Bertz CT molecular complexity index is 1380. The minimum absolute atomic E-state index is 0.00750. The maximum absolute atomic E-state index is 13.9. The molecule has 1 heterocycles. The van der Waals surface area contributed by atoms with E-state index in [9.17, 15) is 27.6 Å². The van der Waals surface area contributed by atoms with Crippen molar-refractivity contribution < 1.29 is 32.3 Å². The lowest BCUT2D eigenvalue weighted by molar-refractivity contribution is -0.141. The molecule has 2 aliphatic carbocycles. The van der Waals surface area contributed by atoms with Crippen molar-refractivity contribution in [3.8, 4) is 5.69 Å². The largest absolute Gasteiger partial charge is 0.446 e. The van der Waals surface area contributed by atoms with Crippen molar-refractivity contribution in [1.29, 1.82) is 0 Å². The van der Waals surface area contributed by atoms with Gasteiger partial charge in [-0.25, -0.2) is 9.48 Å². The van der Waals surface area contributed by atoms with Gasteiger partial charge in [0.05, 0.1) is 22.5 Å². The Morgan fingerprint density at radius 1 is 1.16 bits per heavy atom. The Labute approximate surface area is 253 Å². The number of nitrogens with zero attached hydrogens (tertiary/aromatic N) is 2. The number of Topliss-reactive ketones (excluding diaryl/α,β-unsaturated/α-hetero) is 1. The smallest absolute Gasteiger partial charge is 0.435 e. The number of alkyl halides is 3. The first-order valence-corrected chi connectivity index (χ1v) is 15.6. The van der Waals surface area contributed by atoms with E-state index < -0.39 is 40.6 Å². The molecule has 13 heteroatoms. The van der Waals surface area contributed by atoms with Crippen LogP contribution in [0.15, 0.2) is 18.2 Å². The second kappa shape index (κ2) is 12.4. The average Bonchev–Trinajstić information content (AvgIpc) is 3.29. The quantitative estimate of drug-likeness (QED) is 0.307. The van der Waals surface area contributed by atoms with Gasteiger partial charge in [-0.3, -0.25) is 9.59 Å². The highest BCUT2D eigenvalue weighted by atomic mass is 32.2. The number of carbonyl (C=O) groups is 3. The molecule has 2 amide bonds. The SMILES string of the molecule is CSC(C)(C)CCNC(=O)O[C@H]1CC[C@H](Nc2cc(-n3nc(C(F)(F)F)c4c3CC(C)(C)CC4=O)ccc2C(N)=O)CC1. The number of amides is 2. The molecule has 4 rings (SSSR count). The molecule has 2 aliphatic rings. The van der Waals surface area contributed by atoms with Crippen molar-refractivity contribution in [3.63, 3.8) is 0 Å². The molecule has 0 bridgehead atoms. The predicted octanol–water partition coefficient (Wildman–Crippen LogP) is 6.13. The second-order valence-corrected chi connectivity index (χ2v) is 14.3. The van der Waals surface area contributed by atoms with Crippen molar-refractivity contribution in [2.45, 2.75) is 95.7 Å². The number of carbonyl (C=O) groups excluding carboxylic acids is 3. The van der Waals surface area contributed by atoms with Gasteiger partial charge in [0.25, 0.3) is 5.91 Å². The number of hydrogen-bond donors (Lipinski definition) is 3. The van der Waals surface area contributed by atoms with Crippen LogP contribution in [-0.2, 0) is 17.3 Å². The fourth-order valence-electron chi connectivity index (χ4n) is 5.66. The van der Waals surface area contributed by atoms with Crippen LogP contribution in [0.2, 0.25) is 0 Å². The molecular weight excluding hydrogens is 583 g/mol. The topological polar surface area (TPSA) is 128 Å². The maximum Gasteiger partial charge on any atom is 0.435 e. The molecule has 0 saturated heterocycles. The van der Waals surface area contributed by atoms with Gasteiger partial charge in [-0.05, 0) is 68.4 Å². The third-order valence-corrected chi connectivity index (χ3v) is 9.49. The number of hydrogen-bond acceptors (Lipinski definition) is 7.